The molecule has 2 aromatic heterocycles. The number of methoxy groups -OCH3 is 1. The molecule has 0 aliphatic heterocycles. The number of ketones is 1. The number of H-pyrrole nitrogens is 2. The van der Waals surface area contributed by atoms with Crippen molar-refractivity contribution in [2.24, 2.45) is 0 Å². The summed E-state index contributed by atoms with van der Waals surface area (Å²) in [6, 6.07) is 24.1. The van der Waals surface area contributed by atoms with Gasteiger partial charge in [-0.3, -0.25) is 9.59 Å². The van der Waals surface area contributed by atoms with Crippen molar-refractivity contribution < 1.29 is 37.4 Å². The van der Waals surface area contributed by atoms with Crippen LogP contribution < -0.4 is 10.1 Å². The number of alkyl halides is 3. The molecule has 264 valence electrons. The molecule has 0 bridgehead atoms. The predicted octanol–water partition coefficient (Wildman–Crippen LogP) is 8.50. The molecule has 50 heavy (non-hydrogen) atoms. The van der Waals surface area contributed by atoms with Crippen LogP contribution in [0, 0.1) is 6.92 Å². The standard InChI is InChI=1S/C36H40N4O3.C2HF3O2/c1-4-26(41)15-9-6-10-18-33(39-35(42)22-30-24(2)38-32-20-19-27(43-3)21-31(30)32)36-37-23-34(40-36)29-17-12-11-16-28(29)25-13-7-5-8-14-25;3-2(4,5)1(6)7/h5,7-8,11-14,16-17,19-21,23,33,38H,4,6,9-10,15,18,22H2,1-3H3,(H,37,40)(H,39,42);(H,6,7). The summed E-state index contributed by atoms with van der Waals surface area (Å²) >= 11 is 0. The number of imidazole rings is 1. The number of benzene rings is 3. The van der Waals surface area contributed by atoms with Gasteiger partial charge in [0.25, 0.3) is 0 Å². The topological polar surface area (TPSA) is 137 Å². The molecule has 1 atom stereocenters. The molecule has 1 unspecified atom stereocenters. The highest BCUT2D eigenvalue weighted by Gasteiger charge is 2.38. The quantitative estimate of drug-likeness (QED) is 0.0863. The fraction of sp³-hybridized carbons (Fsp3) is 0.316. The number of unbranched alkanes of at least 4 members (excludes halogenated alkanes) is 2. The number of carbonyl (C=O) groups is 3. The van der Waals surface area contributed by atoms with Crippen molar-refractivity contribution in [3.63, 3.8) is 0 Å². The van der Waals surface area contributed by atoms with Crippen LogP contribution in [0.4, 0.5) is 13.2 Å². The number of aromatic nitrogens is 3. The van der Waals surface area contributed by atoms with E-state index in [2.05, 4.69) is 39.6 Å². The molecule has 0 aliphatic carbocycles. The number of carboxylic acids is 1. The molecule has 5 aromatic rings. The average Bonchev–Trinajstić information content (AvgIpc) is 3.72. The van der Waals surface area contributed by atoms with Gasteiger partial charge >= 0.3 is 12.1 Å². The van der Waals surface area contributed by atoms with Gasteiger partial charge in [-0.25, -0.2) is 9.78 Å². The predicted molar refractivity (Wildman–Crippen MR) is 186 cm³/mol. The summed E-state index contributed by atoms with van der Waals surface area (Å²) in [6.45, 7) is 3.90. The molecule has 1 amide bonds. The first-order valence-corrected chi connectivity index (χ1v) is 16.4. The van der Waals surface area contributed by atoms with E-state index >= 15 is 0 Å². The number of hydrogen-bond donors (Lipinski definition) is 4. The number of rotatable bonds is 14. The van der Waals surface area contributed by atoms with Gasteiger partial charge in [-0.1, -0.05) is 74.4 Å². The lowest BCUT2D eigenvalue weighted by molar-refractivity contribution is -0.192. The average molecular weight is 691 g/mol. The number of amides is 1. The van der Waals surface area contributed by atoms with E-state index < -0.39 is 12.1 Å². The van der Waals surface area contributed by atoms with E-state index in [9.17, 15) is 22.8 Å². The lowest BCUT2D eigenvalue weighted by Crippen LogP contribution is -2.30. The SMILES string of the molecule is CCC(=O)CCCCCC(NC(=O)Cc1c(C)[nH]c2ccc(OC)cc12)c1ncc(-c2ccccc2-c2ccccc2)[nH]1.O=C(O)C(F)(F)F. The Labute approximate surface area is 288 Å². The maximum absolute atomic E-state index is 13.5. The van der Waals surface area contributed by atoms with Crippen molar-refractivity contribution in [1.82, 2.24) is 20.3 Å². The van der Waals surface area contributed by atoms with Gasteiger partial charge in [-0.05, 0) is 54.7 Å². The summed E-state index contributed by atoms with van der Waals surface area (Å²) < 4.78 is 37.2. The molecule has 0 fully saturated rings. The third kappa shape index (κ3) is 10.1. The maximum atomic E-state index is 13.5. The number of aliphatic carboxylic acids is 1. The van der Waals surface area contributed by atoms with Crippen molar-refractivity contribution >= 4 is 28.6 Å². The van der Waals surface area contributed by atoms with Crippen LogP contribution in [0.1, 0.15) is 68.6 Å². The summed E-state index contributed by atoms with van der Waals surface area (Å²) in [5.74, 6) is -1.05. The van der Waals surface area contributed by atoms with Crippen molar-refractivity contribution in [2.45, 2.75) is 71.0 Å². The smallest absolute Gasteiger partial charge is 0.490 e. The molecular formula is C38H41F3N4O5. The number of Topliss-reactive ketones (excluding diaryl/α,β-unsaturated/α-hetero) is 1. The molecular weight excluding hydrogens is 649 g/mol. The minimum absolute atomic E-state index is 0.0689. The van der Waals surface area contributed by atoms with Crippen LogP contribution in [-0.2, 0) is 20.8 Å². The Balaban J connectivity index is 0.000000727. The van der Waals surface area contributed by atoms with E-state index in [4.69, 9.17) is 19.6 Å². The molecule has 4 N–H and O–H groups in total. The Kier molecular flexibility index (Phi) is 13.0. The molecule has 5 rings (SSSR count). The number of halogens is 3. The molecule has 0 saturated heterocycles. The highest BCUT2D eigenvalue weighted by Crippen LogP contribution is 2.32. The van der Waals surface area contributed by atoms with Crippen LogP contribution in [0.5, 0.6) is 5.75 Å². The van der Waals surface area contributed by atoms with Gasteiger partial charge in [0, 0.05) is 35.0 Å². The van der Waals surface area contributed by atoms with Gasteiger partial charge in [0.05, 0.1) is 31.5 Å². The number of hydrogen-bond acceptors (Lipinski definition) is 5. The summed E-state index contributed by atoms with van der Waals surface area (Å²) in [5.41, 5.74) is 7.11. The summed E-state index contributed by atoms with van der Waals surface area (Å²) in [6.07, 6.45) is 1.58. The molecule has 0 aliphatic rings. The van der Waals surface area contributed by atoms with E-state index in [1.54, 1.807) is 7.11 Å². The molecule has 9 nitrogen and oxygen atoms in total. The Bertz CT molecular complexity index is 1900. The number of ether oxygens (including phenoxy) is 1. The van der Waals surface area contributed by atoms with Gasteiger partial charge in [-0.2, -0.15) is 13.2 Å². The second kappa shape index (κ2) is 17.3. The van der Waals surface area contributed by atoms with Crippen molar-refractivity contribution in [3.8, 4) is 28.1 Å². The minimum Gasteiger partial charge on any atom is -0.497 e. The highest BCUT2D eigenvalue weighted by atomic mass is 19.4. The Hall–Kier alpha value is -5.39. The first-order valence-electron chi connectivity index (χ1n) is 16.4. The Morgan fingerprint density at radius 1 is 0.940 bits per heavy atom. The number of nitrogens with one attached hydrogen (secondary N) is 3. The zero-order valence-corrected chi connectivity index (χ0v) is 28.2. The van der Waals surface area contributed by atoms with Crippen molar-refractivity contribution in [2.75, 3.05) is 7.11 Å². The van der Waals surface area contributed by atoms with Crippen LogP contribution in [0.25, 0.3) is 33.3 Å². The van der Waals surface area contributed by atoms with Gasteiger partial charge < -0.3 is 25.1 Å². The van der Waals surface area contributed by atoms with E-state index in [0.29, 0.717) is 18.6 Å². The van der Waals surface area contributed by atoms with E-state index in [1.807, 2.05) is 68.6 Å². The maximum Gasteiger partial charge on any atom is 0.490 e. The monoisotopic (exact) mass is 690 g/mol. The number of aryl methyl sites for hydroxylation is 1. The Morgan fingerprint density at radius 2 is 1.62 bits per heavy atom. The first-order chi connectivity index (χ1) is 23.9. The highest BCUT2D eigenvalue weighted by molar-refractivity contribution is 5.91. The lowest BCUT2D eigenvalue weighted by atomic mass is 9.98. The van der Waals surface area contributed by atoms with Gasteiger partial charge in [-0.15, -0.1) is 0 Å². The summed E-state index contributed by atoms with van der Waals surface area (Å²) in [7, 11) is 1.64. The van der Waals surface area contributed by atoms with E-state index in [0.717, 1.165) is 81.8 Å². The molecule has 0 saturated carbocycles. The third-order valence-electron chi connectivity index (χ3n) is 8.31. The van der Waals surface area contributed by atoms with Gasteiger partial charge in [0.15, 0.2) is 0 Å². The molecule has 3 aromatic carbocycles. The normalized spacial score (nSPS) is 11.8. The number of fused-ring (bicyclic) bond motifs is 1. The summed E-state index contributed by atoms with van der Waals surface area (Å²) in [4.78, 5) is 45.9. The van der Waals surface area contributed by atoms with Crippen LogP contribution in [0.3, 0.4) is 0 Å². The van der Waals surface area contributed by atoms with Crippen LogP contribution in [0.15, 0.2) is 79.0 Å². The fourth-order valence-corrected chi connectivity index (χ4v) is 5.66. The van der Waals surface area contributed by atoms with Crippen LogP contribution in [0.2, 0.25) is 0 Å². The van der Waals surface area contributed by atoms with Gasteiger partial charge in [0.1, 0.15) is 17.4 Å². The fourth-order valence-electron chi connectivity index (χ4n) is 5.66. The van der Waals surface area contributed by atoms with Gasteiger partial charge in [0.2, 0.25) is 5.91 Å². The summed E-state index contributed by atoms with van der Waals surface area (Å²) in [5, 5.41) is 11.4. The van der Waals surface area contributed by atoms with Crippen LogP contribution in [-0.4, -0.2) is 51.0 Å². The second-order valence-corrected chi connectivity index (χ2v) is 11.8. The second-order valence-electron chi connectivity index (χ2n) is 11.8. The molecule has 0 radical (unpaired) electrons. The number of nitrogens with zero attached hydrogens (tertiary/aromatic N) is 1. The van der Waals surface area contributed by atoms with Crippen molar-refractivity contribution in [1.29, 1.82) is 0 Å². The number of carboxylic acid groups (broad SMARTS) is 1. The Morgan fingerprint density at radius 3 is 2.28 bits per heavy atom. The zero-order valence-electron chi connectivity index (χ0n) is 28.2. The lowest BCUT2D eigenvalue weighted by Gasteiger charge is -2.17. The van der Waals surface area contributed by atoms with Crippen LogP contribution >= 0.6 is 0 Å². The van der Waals surface area contributed by atoms with Crippen molar-refractivity contribution in [3.05, 3.63) is 96.1 Å². The number of carbonyl (C=O) groups excluding carboxylic acids is 2. The zero-order chi connectivity index (χ0) is 36.3. The largest absolute Gasteiger partial charge is 0.497 e. The number of aromatic amines is 2. The third-order valence-corrected chi connectivity index (χ3v) is 8.31. The minimum atomic E-state index is -5.08. The molecule has 0 spiro atoms. The molecule has 12 heteroatoms. The first kappa shape index (κ1) is 37.4. The molecule has 2 heterocycles. The van der Waals surface area contributed by atoms with E-state index in [1.165, 1.54) is 0 Å². The van der Waals surface area contributed by atoms with E-state index in [-0.39, 0.29) is 18.4 Å².